The zero-order chi connectivity index (χ0) is 40.5. The maximum atomic E-state index is 12.2. The van der Waals surface area contributed by atoms with E-state index in [-0.39, 0.29) is 47.9 Å². The van der Waals surface area contributed by atoms with Crippen LogP contribution in [0.2, 0.25) is 0 Å². The van der Waals surface area contributed by atoms with Gasteiger partial charge in [-0.3, -0.25) is 9.78 Å². The molecule has 0 spiro atoms. The van der Waals surface area contributed by atoms with E-state index in [2.05, 4.69) is 108 Å². The summed E-state index contributed by atoms with van der Waals surface area (Å²) in [5.41, 5.74) is 8.24. The van der Waals surface area contributed by atoms with Crippen molar-refractivity contribution in [3.05, 3.63) is 100 Å². The number of benzene rings is 3. The second-order valence-electron chi connectivity index (χ2n) is 17.4. The van der Waals surface area contributed by atoms with E-state index in [0.717, 1.165) is 65.5 Å². The Morgan fingerprint density at radius 2 is 1.54 bits per heavy atom. The maximum absolute atomic E-state index is 12.2. The Hall–Kier alpha value is -3.57. The number of carbonyl (C=O) groups excluding carboxylic acids is 1. The molecule has 0 saturated carbocycles. The van der Waals surface area contributed by atoms with E-state index in [1.165, 1.54) is 43.8 Å². The summed E-state index contributed by atoms with van der Waals surface area (Å²) in [7, 11) is 0. The number of aliphatic hydroxyl groups excluding tert-OH is 1. The molecule has 6 rings (SSSR count). The molecule has 3 heterocycles. The van der Waals surface area contributed by atoms with Crippen molar-refractivity contribution in [2.24, 2.45) is 16.7 Å². The summed E-state index contributed by atoms with van der Waals surface area (Å²) in [6.07, 6.45) is 5.86. The van der Waals surface area contributed by atoms with Gasteiger partial charge in [-0.25, -0.2) is 0 Å². The first-order chi connectivity index (χ1) is 25.9. The van der Waals surface area contributed by atoms with Gasteiger partial charge in [0.15, 0.2) is 5.78 Å². The molecular formula is C50H62IrNO3S-. The fraction of sp³-hybridized carbons (Fsp3) is 0.440. The number of furan rings is 1. The molecule has 3 aromatic carbocycles. The standard InChI is InChI=1S/C35H34NOS.C15H28O2.Ir/c1-20(2)14-26-19-38-32-17-24(12-13-28(26)32)29-18-31(36-34-33(29)21(3)22(4)37-34)25-15-23-10-8-9-11-27(23)30(16-25)35(5,6)7;1-7-14(5,8-2)12(16)11-13(17)15(6,9-3)10-4;/h8-13,16-20H,14H2,1-7H3;11,16H,7-10H2,1-6H3;/q-1;;/b;12-11-;. The quantitative estimate of drug-likeness (QED) is 0.0798. The average Bonchev–Trinajstić information content (AvgIpc) is 3.70. The minimum atomic E-state index is -0.337. The van der Waals surface area contributed by atoms with Gasteiger partial charge in [0.1, 0.15) is 11.5 Å². The molecule has 4 nitrogen and oxygen atoms in total. The molecule has 0 aliphatic rings. The van der Waals surface area contributed by atoms with Crippen LogP contribution in [0.15, 0.2) is 76.2 Å². The molecule has 0 aliphatic heterocycles. The van der Waals surface area contributed by atoms with Crippen molar-refractivity contribution in [3.8, 4) is 22.4 Å². The number of aryl methyl sites for hydroxylation is 2. The Morgan fingerprint density at radius 1 is 0.893 bits per heavy atom. The number of aromatic nitrogens is 1. The summed E-state index contributed by atoms with van der Waals surface area (Å²) < 4.78 is 7.55. The summed E-state index contributed by atoms with van der Waals surface area (Å²) in [6, 6.07) is 23.6. The minimum absolute atomic E-state index is 0. The van der Waals surface area contributed by atoms with Crippen LogP contribution in [0.1, 0.15) is 124 Å². The Kier molecular flexibility index (Phi) is 14.4. The number of nitrogens with zero attached hydrogens (tertiary/aromatic N) is 1. The van der Waals surface area contributed by atoms with E-state index in [1.54, 1.807) is 0 Å². The third kappa shape index (κ3) is 9.25. The van der Waals surface area contributed by atoms with E-state index in [4.69, 9.17) is 9.40 Å². The molecular weight excluding hydrogens is 887 g/mol. The SMILES string of the molecule is CCC(C)(CC)C(=O)/C=C(\O)C(C)(CC)CC.Cc1oc2nc(-c3[c-]c4ccccc4c(C(C)(C)C)c3)cc(-c3ccc4c(CC(C)C)csc4c3)c2c1C.[Ir]. The van der Waals surface area contributed by atoms with E-state index >= 15 is 0 Å². The number of ketones is 1. The van der Waals surface area contributed by atoms with E-state index in [0.29, 0.717) is 11.6 Å². The first-order valence-electron chi connectivity index (χ1n) is 20.2. The zero-order valence-electron chi connectivity index (χ0n) is 35.9. The predicted octanol–water partition coefficient (Wildman–Crippen LogP) is 15.1. The Bertz CT molecular complexity index is 2340. The van der Waals surface area contributed by atoms with Crippen molar-refractivity contribution in [2.75, 3.05) is 0 Å². The molecule has 0 saturated heterocycles. The molecule has 1 N–H and O–H groups in total. The van der Waals surface area contributed by atoms with Crippen LogP contribution in [-0.4, -0.2) is 15.9 Å². The van der Waals surface area contributed by atoms with E-state index in [1.807, 2.05) is 59.8 Å². The second kappa shape index (κ2) is 17.9. The van der Waals surface area contributed by atoms with Crippen molar-refractivity contribution in [3.63, 3.8) is 0 Å². The van der Waals surface area contributed by atoms with Crippen LogP contribution in [-0.2, 0) is 36.7 Å². The van der Waals surface area contributed by atoms with Crippen LogP contribution >= 0.6 is 11.3 Å². The van der Waals surface area contributed by atoms with Crippen LogP contribution in [0, 0.1) is 36.7 Å². The van der Waals surface area contributed by atoms with E-state index < -0.39 is 0 Å². The van der Waals surface area contributed by atoms with Gasteiger partial charge >= 0.3 is 0 Å². The van der Waals surface area contributed by atoms with Crippen LogP contribution in [0.4, 0.5) is 0 Å². The third-order valence-corrected chi connectivity index (χ3v) is 13.2. The molecule has 0 amide bonds. The summed E-state index contributed by atoms with van der Waals surface area (Å²) >= 11 is 1.84. The fourth-order valence-electron chi connectivity index (χ4n) is 7.24. The van der Waals surface area contributed by atoms with Crippen molar-refractivity contribution in [2.45, 2.75) is 128 Å². The van der Waals surface area contributed by atoms with Crippen molar-refractivity contribution in [1.82, 2.24) is 4.98 Å². The van der Waals surface area contributed by atoms with Crippen molar-refractivity contribution >= 4 is 49.1 Å². The number of fused-ring (bicyclic) bond motifs is 3. The molecule has 6 heteroatoms. The number of hydrogen-bond donors (Lipinski definition) is 1. The van der Waals surface area contributed by atoms with Gasteiger partial charge in [0.2, 0.25) is 5.71 Å². The van der Waals surface area contributed by atoms with Gasteiger partial charge in [0.05, 0.1) is 0 Å². The largest absolute Gasteiger partial charge is 0.512 e. The Morgan fingerprint density at radius 3 is 2.14 bits per heavy atom. The number of hydrogen-bond acceptors (Lipinski definition) is 5. The summed E-state index contributed by atoms with van der Waals surface area (Å²) in [4.78, 5) is 17.2. The van der Waals surface area contributed by atoms with Crippen molar-refractivity contribution in [1.29, 1.82) is 0 Å². The Balaban J connectivity index is 0.000000330. The monoisotopic (exact) mass is 949 g/mol. The van der Waals surface area contributed by atoms with Crippen LogP contribution in [0.5, 0.6) is 0 Å². The first-order valence-corrected chi connectivity index (χ1v) is 21.1. The normalized spacial score (nSPS) is 12.6. The van der Waals surface area contributed by atoms with Gasteiger partial charge in [-0.15, -0.1) is 40.5 Å². The number of rotatable bonds is 11. The first kappa shape index (κ1) is 45.1. The smallest absolute Gasteiger partial charge is 0.220 e. The molecule has 3 aromatic heterocycles. The minimum Gasteiger partial charge on any atom is -0.512 e. The summed E-state index contributed by atoms with van der Waals surface area (Å²) in [5, 5.41) is 17.3. The number of carbonyl (C=O) groups is 1. The molecule has 0 atom stereocenters. The molecule has 1 radical (unpaired) electrons. The Labute approximate surface area is 353 Å². The molecule has 0 bridgehead atoms. The summed E-state index contributed by atoms with van der Waals surface area (Å²) in [6.45, 7) is 27.6. The maximum Gasteiger partial charge on any atom is 0.220 e. The van der Waals surface area contributed by atoms with Gasteiger partial charge in [-0.2, -0.15) is 0 Å². The predicted molar refractivity (Wildman–Crippen MR) is 236 cm³/mol. The summed E-state index contributed by atoms with van der Waals surface area (Å²) in [5.74, 6) is 1.84. The van der Waals surface area contributed by atoms with E-state index in [9.17, 15) is 9.90 Å². The number of pyridine rings is 1. The van der Waals surface area contributed by atoms with Gasteiger partial charge in [0.25, 0.3) is 0 Å². The van der Waals surface area contributed by atoms with Crippen LogP contribution in [0.25, 0.3) is 54.3 Å². The van der Waals surface area contributed by atoms with Crippen molar-refractivity contribution < 1.29 is 34.4 Å². The topological polar surface area (TPSA) is 63.3 Å². The van der Waals surface area contributed by atoms with Gasteiger partial charge < -0.3 is 9.52 Å². The molecule has 6 aromatic rings. The van der Waals surface area contributed by atoms with Crippen LogP contribution < -0.4 is 0 Å². The zero-order valence-corrected chi connectivity index (χ0v) is 39.1. The molecule has 301 valence electrons. The average molecular weight is 949 g/mol. The van der Waals surface area contributed by atoms with Gasteiger partial charge in [-0.05, 0) is 90.8 Å². The second-order valence-corrected chi connectivity index (χ2v) is 18.3. The molecule has 0 aliphatic carbocycles. The number of thiophene rings is 1. The third-order valence-electron chi connectivity index (χ3n) is 12.2. The molecule has 56 heavy (non-hydrogen) atoms. The fourth-order valence-corrected chi connectivity index (χ4v) is 8.26. The molecule has 0 unspecified atom stereocenters. The molecule has 0 fully saturated rings. The number of allylic oxidation sites excluding steroid dienone is 2. The van der Waals surface area contributed by atoms with Gasteiger partial charge in [0, 0.05) is 58.4 Å². The van der Waals surface area contributed by atoms with Crippen LogP contribution in [0.3, 0.4) is 0 Å². The number of aliphatic hydroxyl groups is 1. The van der Waals surface area contributed by atoms with Gasteiger partial charge in [-0.1, -0.05) is 124 Å².